The zero-order valence-electron chi connectivity index (χ0n) is 18.8. The van der Waals surface area contributed by atoms with Gasteiger partial charge in [-0.05, 0) is 43.2 Å². The second kappa shape index (κ2) is 9.12. The molecule has 11 heteroatoms. The smallest absolute Gasteiger partial charge is 0.376 e. The van der Waals surface area contributed by atoms with Crippen LogP contribution in [0, 0.1) is 12.7 Å². The Bertz CT molecular complexity index is 1390. The van der Waals surface area contributed by atoms with Gasteiger partial charge in [0.2, 0.25) is 0 Å². The van der Waals surface area contributed by atoms with Crippen LogP contribution in [0.2, 0.25) is 0 Å². The van der Waals surface area contributed by atoms with Gasteiger partial charge in [-0.15, -0.1) is 0 Å². The van der Waals surface area contributed by atoms with Crippen molar-refractivity contribution in [3.8, 4) is 11.3 Å². The lowest BCUT2D eigenvalue weighted by Crippen LogP contribution is -2.31. The van der Waals surface area contributed by atoms with Gasteiger partial charge in [0, 0.05) is 36.9 Å². The summed E-state index contributed by atoms with van der Waals surface area (Å²) in [5.74, 6) is -1.70. The molecule has 0 spiro atoms. The summed E-state index contributed by atoms with van der Waals surface area (Å²) in [5, 5.41) is 2.50. The molecule has 1 unspecified atom stereocenters. The highest BCUT2D eigenvalue weighted by Crippen LogP contribution is 2.39. The summed E-state index contributed by atoms with van der Waals surface area (Å²) in [6.45, 7) is 2.36. The SMILES string of the molecule is Cc1c(C(=O)Nc2ccc(S(C)(=O)=O)c(F)c2)cn(CC2CCO2)c1-c1ccccc1C(F)(F)F. The van der Waals surface area contributed by atoms with E-state index in [4.69, 9.17) is 4.74 Å². The molecule has 1 aromatic heterocycles. The van der Waals surface area contributed by atoms with Crippen LogP contribution in [0.4, 0.5) is 23.2 Å². The van der Waals surface area contributed by atoms with Crippen molar-refractivity contribution in [2.45, 2.75) is 37.1 Å². The lowest BCUT2D eigenvalue weighted by Gasteiger charge is -2.28. The second-order valence-corrected chi connectivity index (χ2v) is 10.3. The van der Waals surface area contributed by atoms with Crippen LogP contribution in [-0.2, 0) is 27.3 Å². The van der Waals surface area contributed by atoms with Crippen molar-refractivity contribution in [1.82, 2.24) is 4.57 Å². The van der Waals surface area contributed by atoms with E-state index in [1.807, 2.05) is 0 Å². The fourth-order valence-corrected chi connectivity index (χ4v) is 4.78. The third-order valence-electron chi connectivity index (χ3n) is 5.85. The van der Waals surface area contributed by atoms with Crippen LogP contribution in [0.3, 0.4) is 0 Å². The molecule has 2 heterocycles. The first-order chi connectivity index (χ1) is 16.4. The molecule has 1 saturated heterocycles. The molecular formula is C24H22F4N2O4S. The van der Waals surface area contributed by atoms with E-state index in [-0.39, 0.29) is 35.2 Å². The Morgan fingerprint density at radius 2 is 1.89 bits per heavy atom. The highest BCUT2D eigenvalue weighted by Gasteiger charge is 2.35. The molecule has 1 fully saturated rings. The number of carbonyl (C=O) groups excluding carboxylic acids is 1. The Labute approximate surface area is 199 Å². The topological polar surface area (TPSA) is 77.4 Å². The van der Waals surface area contributed by atoms with Crippen LogP contribution in [-0.4, -0.2) is 37.9 Å². The van der Waals surface area contributed by atoms with Crippen molar-refractivity contribution in [3.63, 3.8) is 0 Å². The molecule has 6 nitrogen and oxygen atoms in total. The maximum Gasteiger partial charge on any atom is 0.417 e. The largest absolute Gasteiger partial charge is 0.417 e. The average molecular weight is 511 g/mol. The van der Waals surface area contributed by atoms with Crippen LogP contribution in [0.5, 0.6) is 0 Å². The fraction of sp³-hybridized carbons (Fsp3) is 0.292. The molecular weight excluding hydrogens is 488 g/mol. The van der Waals surface area contributed by atoms with Crippen molar-refractivity contribution in [2.75, 3.05) is 18.2 Å². The number of nitrogens with one attached hydrogen (secondary N) is 1. The summed E-state index contributed by atoms with van der Waals surface area (Å²) in [4.78, 5) is 12.5. The minimum Gasteiger partial charge on any atom is -0.376 e. The number of alkyl halides is 3. The van der Waals surface area contributed by atoms with Gasteiger partial charge in [0.1, 0.15) is 10.7 Å². The number of rotatable bonds is 6. The molecule has 1 aliphatic heterocycles. The van der Waals surface area contributed by atoms with Crippen molar-refractivity contribution in [1.29, 1.82) is 0 Å². The molecule has 1 atom stereocenters. The van der Waals surface area contributed by atoms with Crippen LogP contribution in [0.1, 0.15) is 27.9 Å². The molecule has 2 aromatic carbocycles. The van der Waals surface area contributed by atoms with Gasteiger partial charge in [0.15, 0.2) is 9.84 Å². The minimum absolute atomic E-state index is 0.00613. The summed E-state index contributed by atoms with van der Waals surface area (Å²) < 4.78 is 85.8. The maximum atomic E-state index is 14.3. The number of nitrogens with zero attached hydrogens (tertiary/aromatic N) is 1. The molecule has 3 aromatic rings. The third-order valence-corrected chi connectivity index (χ3v) is 6.98. The number of halogens is 4. The Balaban J connectivity index is 1.74. The van der Waals surface area contributed by atoms with Gasteiger partial charge in [-0.25, -0.2) is 12.8 Å². The van der Waals surface area contributed by atoms with Gasteiger partial charge < -0.3 is 14.6 Å². The number of aromatic nitrogens is 1. The average Bonchev–Trinajstić information content (AvgIpc) is 3.05. The quantitative estimate of drug-likeness (QED) is 0.470. The molecule has 0 saturated carbocycles. The first-order valence-electron chi connectivity index (χ1n) is 10.6. The lowest BCUT2D eigenvalue weighted by molar-refractivity contribution is -0.137. The number of hydrogen-bond donors (Lipinski definition) is 1. The van der Waals surface area contributed by atoms with Crippen LogP contribution >= 0.6 is 0 Å². The van der Waals surface area contributed by atoms with E-state index in [1.165, 1.54) is 30.5 Å². The summed E-state index contributed by atoms with van der Waals surface area (Å²) in [7, 11) is -3.79. The summed E-state index contributed by atoms with van der Waals surface area (Å²) in [5.41, 5.74) is -0.249. The van der Waals surface area contributed by atoms with Gasteiger partial charge in [-0.2, -0.15) is 13.2 Å². The number of amides is 1. The van der Waals surface area contributed by atoms with Crippen molar-refractivity contribution in [3.05, 3.63) is 71.2 Å². The Kier molecular flexibility index (Phi) is 6.50. The van der Waals surface area contributed by atoms with Crippen molar-refractivity contribution < 1.29 is 35.5 Å². The summed E-state index contributed by atoms with van der Waals surface area (Å²) in [6, 6.07) is 8.28. The molecule has 0 aliphatic carbocycles. The predicted octanol–water partition coefficient (Wildman–Crippen LogP) is 5.07. The predicted molar refractivity (Wildman–Crippen MR) is 121 cm³/mol. The molecule has 186 valence electrons. The molecule has 0 bridgehead atoms. The van der Waals surface area contributed by atoms with E-state index in [1.54, 1.807) is 11.5 Å². The zero-order valence-corrected chi connectivity index (χ0v) is 19.6. The van der Waals surface area contributed by atoms with Gasteiger partial charge in [-0.3, -0.25) is 4.79 Å². The second-order valence-electron chi connectivity index (χ2n) is 8.37. The first-order valence-corrected chi connectivity index (χ1v) is 12.5. The summed E-state index contributed by atoms with van der Waals surface area (Å²) in [6.07, 6.45) is -1.73. The van der Waals surface area contributed by atoms with E-state index in [0.29, 0.717) is 12.2 Å². The Hall–Kier alpha value is -3.18. The maximum absolute atomic E-state index is 14.3. The number of benzene rings is 2. The standard InChI is InChI=1S/C24H22F4N2O4S/c1-14-18(23(31)29-15-7-8-21(20(25)11-15)35(2,32)33)13-30(12-16-9-10-34-16)22(14)17-5-3-4-6-19(17)24(26,27)28/h3-8,11,13,16H,9-10,12H2,1-2H3,(H,29,31). The molecule has 0 radical (unpaired) electrons. The van der Waals surface area contributed by atoms with E-state index in [2.05, 4.69) is 5.32 Å². The lowest BCUT2D eigenvalue weighted by atomic mass is 9.99. The molecule has 1 N–H and O–H groups in total. The highest BCUT2D eigenvalue weighted by molar-refractivity contribution is 7.90. The molecule has 35 heavy (non-hydrogen) atoms. The number of sulfone groups is 1. The molecule has 4 rings (SSSR count). The molecule has 1 amide bonds. The van der Waals surface area contributed by atoms with Gasteiger partial charge in [0.25, 0.3) is 5.91 Å². The van der Waals surface area contributed by atoms with Crippen LogP contribution < -0.4 is 5.32 Å². The van der Waals surface area contributed by atoms with E-state index in [0.717, 1.165) is 30.9 Å². The van der Waals surface area contributed by atoms with E-state index >= 15 is 0 Å². The van der Waals surface area contributed by atoms with E-state index in [9.17, 15) is 30.8 Å². The van der Waals surface area contributed by atoms with E-state index < -0.39 is 38.2 Å². The van der Waals surface area contributed by atoms with Gasteiger partial charge in [-0.1, -0.05) is 18.2 Å². The zero-order chi connectivity index (χ0) is 25.5. The number of carbonyl (C=O) groups is 1. The van der Waals surface area contributed by atoms with Gasteiger partial charge in [0.05, 0.1) is 22.9 Å². The Morgan fingerprint density at radius 3 is 2.46 bits per heavy atom. The highest BCUT2D eigenvalue weighted by atomic mass is 32.2. The monoisotopic (exact) mass is 510 g/mol. The van der Waals surface area contributed by atoms with Crippen molar-refractivity contribution in [2.24, 2.45) is 0 Å². The van der Waals surface area contributed by atoms with Crippen molar-refractivity contribution >= 4 is 21.4 Å². The fourth-order valence-electron chi connectivity index (χ4n) is 4.05. The summed E-state index contributed by atoms with van der Waals surface area (Å²) >= 11 is 0. The van der Waals surface area contributed by atoms with Crippen LogP contribution in [0.25, 0.3) is 11.3 Å². The number of anilines is 1. The Morgan fingerprint density at radius 1 is 1.20 bits per heavy atom. The number of hydrogen-bond acceptors (Lipinski definition) is 4. The normalized spacial score (nSPS) is 16.1. The molecule has 1 aliphatic rings. The first kappa shape index (κ1) is 24.9. The van der Waals surface area contributed by atoms with Gasteiger partial charge >= 0.3 is 6.18 Å². The third kappa shape index (κ3) is 5.10. The number of ether oxygens (including phenoxy) is 1. The minimum atomic E-state index is -4.60. The van der Waals surface area contributed by atoms with Crippen LogP contribution in [0.15, 0.2) is 53.6 Å².